The van der Waals surface area contributed by atoms with Crippen LogP contribution in [0.4, 0.5) is 27.8 Å². The third-order valence-corrected chi connectivity index (χ3v) is 3.79. The van der Waals surface area contributed by atoms with Gasteiger partial charge in [-0.05, 0) is 48.9 Å². The average Bonchev–Trinajstić information content (AvgIpc) is 2.61. The van der Waals surface area contributed by atoms with E-state index in [9.17, 15) is 4.79 Å². The summed E-state index contributed by atoms with van der Waals surface area (Å²) in [5, 5.41) is 17.1. The molecule has 3 aromatic rings. The van der Waals surface area contributed by atoms with Gasteiger partial charge < -0.3 is 10.6 Å². The smallest absolute Gasteiger partial charge is 0.324 e. The van der Waals surface area contributed by atoms with Crippen molar-refractivity contribution in [3.63, 3.8) is 0 Å². The van der Waals surface area contributed by atoms with Crippen LogP contribution in [0.25, 0.3) is 0 Å². The number of carbonyl (C=O) groups is 1. The molecule has 0 spiro atoms. The number of hydrogen-bond acceptors (Lipinski definition) is 4. The van der Waals surface area contributed by atoms with Crippen molar-refractivity contribution in [1.29, 1.82) is 0 Å². The molecule has 3 N–H and O–H groups in total. The van der Waals surface area contributed by atoms with Crippen molar-refractivity contribution in [3.8, 4) is 0 Å². The molecule has 0 saturated heterocycles. The van der Waals surface area contributed by atoms with E-state index in [1.807, 2.05) is 43.3 Å². The van der Waals surface area contributed by atoms with E-state index < -0.39 is 0 Å². The van der Waals surface area contributed by atoms with E-state index >= 15 is 0 Å². The van der Waals surface area contributed by atoms with Gasteiger partial charge in [0, 0.05) is 16.4 Å². The Balaban J connectivity index is 1.60. The predicted octanol–water partition coefficient (Wildman–Crippen LogP) is 4.83. The molecule has 0 atom stereocenters. The Morgan fingerprint density at radius 1 is 0.880 bits per heavy atom. The van der Waals surface area contributed by atoms with Crippen LogP contribution in [0.15, 0.2) is 60.7 Å². The van der Waals surface area contributed by atoms with Gasteiger partial charge in [-0.25, -0.2) is 4.79 Å². The fourth-order valence-electron chi connectivity index (χ4n) is 2.08. The molecule has 0 radical (unpaired) electrons. The summed E-state index contributed by atoms with van der Waals surface area (Å²) in [5.41, 5.74) is 2.51. The summed E-state index contributed by atoms with van der Waals surface area (Å²) < 4.78 is 0. The van der Waals surface area contributed by atoms with Gasteiger partial charge in [0.25, 0.3) is 0 Å². The zero-order chi connectivity index (χ0) is 17.6. The van der Waals surface area contributed by atoms with Gasteiger partial charge in [-0.3, -0.25) is 5.32 Å². The Hall–Kier alpha value is -3.12. The van der Waals surface area contributed by atoms with Gasteiger partial charge in [-0.2, -0.15) is 0 Å². The first-order chi connectivity index (χ1) is 12.1. The second kappa shape index (κ2) is 7.63. The molecule has 1 aromatic heterocycles. The molecular formula is C18H16ClN5O. The number of anilines is 4. The maximum Gasteiger partial charge on any atom is 0.324 e. The minimum absolute atomic E-state index is 0.348. The third kappa shape index (κ3) is 4.68. The number of rotatable bonds is 4. The highest BCUT2D eigenvalue weighted by molar-refractivity contribution is 6.31. The first kappa shape index (κ1) is 16.7. The number of carbonyl (C=O) groups excluding carboxylic acids is 1. The summed E-state index contributed by atoms with van der Waals surface area (Å²) in [6.07, 6.45) is 0. The Kier molecular flexibility index (Phi) is 5.11. The van der Waals surface area contributed by atoms with Crippen LogP contribution in [0.5, 0.6) is 0 Å². The maximum absolute atomic E-state index is 11.9. The minimum Gasteiger partial charge on any atom is -0.339 e. The van der Waals surface area contributed by atoms with Crippen LogP contribution in [-0.4, -0.2) is 16.2 Å². The Morgan fingerprint density at radius 2 is 1.60 bits per heavy atom. The summed E-state index contributed by atoms with van der Waals surface area (Å²) in [5.74, 6) is 0.898. The number of hydrogen-bond donors (Lipinski definition) is 3. The van der Waals surface area contributed by atoms with E-state index in [0.29, 0.717) is 22.3 Å². The number of amides is 2. The lowest BCUT2D eigenvalue weighted by Crippen LogP contribution is -2.20. The molecule has 0 unspecified atom stereocenters. The van der Waals surface area contributed by atoms with Crippen LogP contribution >= 0.6 is 11.6 Å². The van der Waals surface area contributed by atoms with Crippen LogP contribution in [0.3, 0.4) is 0 Å². The molecule has 0 aliphatic rings. The molecule has 0 fully saturated rings. The second-order valence-electron chi connectivity index (χ2n) is 5.34. The van der Waals surface area contributed by atoms with Crippen LogP contribution < -0.4 is 16.0 Å². The van der Waals surface area contributed by atoms with Gasteiger partial charge in [0.15, 0.2) is 11.6 Å². The zero-order valence-corrected chi connectivity index (χ0v) is 14.2. The number of aryl methyl sites for hydroxylation is 1. The molecule has 126 valence electrons. The highest BCUT2D eigenvalue weighted by Gasteiger charge is 2.05. The number of urea groups is 1. The first-order valence-electron chi connectivity index (χ1n) is 7.60. The highest BCUT2D eigenvalue weighted by Crippen LogP contribution is 2.22. The lowest BCUT2D eigenvalue weighted by Gasteiger charge is -2.08. The quantitative estimate of drug-likeness (QED) is 0.628. The van der Waals surface area contributed by atoms with Crippen LogP contribution in [0.1, 0.15) is 5.56 Å². The van der Waals surface area contributed by atoms with E-state index in [2.05, 4.69) is 26.1 Å². The number of benzene rings is 2. The Labute approximate surface area is 150 Å². The summed E-state index contributed by atoms with van der Waals surface area (Å²) in [4.78, 5) is 11.9. The fraction of sp³-hybridized carbons (Fsp3) is 0.0556. The van der Waals surface area contributed by atoms with E-state index in [1.54, 1.807) is 24.3 Å². The molecule has 2 aromatic carbocycles. The lowest BCUT2D eigenvalue weighted by molar-refractivity contribution is 0.262. The number of nitrogens with one attached hydrogen (secondary N) is 3. The predicted molar refractivity (Wildman–Crippen MR) is 101 cm³/mol. The van der Waals surface area contributed by atoms with Crippen molar-refractivity contribution in [2.24, 2.45) is 0 Å². The van der Waals surface area contributed by atoms with Gasteiger partial charge in [0.05, 0.1) is 0 Å². The van der Waals surface area contributed by atoms with Crippen molar-refractivity contribution < 1.29 is 4.79 Å². The summed E-state index contributed by atoms with van der Waals surface area (Å²) in [6.45, 7) is 1.94. The number of para-hydroxylation sites is 1. The van der Waals surface area contributed by atoms with Crippen LogP contribution in [-0.2, 0) is 0 Å². The molecule has 3 rings (SSSR count). The van der Waals surface area contributed by atoms with Gasteiger partial charge in [0.2, 0.25) is 0 Å². The van der Waals surface area contributed by atoms with Crippen molar-refractivity contribution in [3.05, 3.63) is 71.2 Å². The van der Waals surface area contributed by atoms with Crippen molar-refractivity contribution >= 4 is 40.6 Å². The van der Waals surface area contributed by atoms with Gasteiger partial charge >= 0.3 is 6.03 Å². The van der Waals surface area contributed by atoms with E-state index in [1.165, 1.54) is 0 Å². The molecular weight excluding hydrogens is 338 g/mol. The number of halogens is 1. The molecule has 7 heteroatoms. The van der Waals surface area contributed by atoms with Gasteiger partial charge in [-0.1, -0.05) is 35.9 Å². The maximum atomic E-state index is 11.9. The molecule has 1 heterocycles. The SMILES string of the molecule is Cc1ccc(Nc2ccc(NC(=O)Nc3ccccc3)nn2)cc1Cl. The minimum atomic E-state index is -0.383. The van der Waals surface area contributed by atoms with Crippen LogP contribution in [0, 0.1) is 6.92 Å². The monoisotopic (exact) mass is 353 g/mol. The first-order valence-corrected chi connectivity index (χ1v) is 7.98. The van der Waals surface area contributed by atoms with Gasteiger partial charge in [0.1, 0.15) is 0 Å². The van der Waals surface area contributed by atoms with E-state index in [0.717, 1.165) is 11.3 Å². The third-order valence-electron chi connectivity index (χ3n) is 3.38. The lowest BCUT2D eigenvalue weighted by atomic mass is 10.2. The van der Waals surface area contributed by atoms with E-state index in [4.69, 9.17) is 11.6 Å². The number of nitrogens with zero attached hydrogens (tertiary/aromatic N) is 2. The summed E-state index contributed by atoms with van der Waals surface area (Å²) in [7, 11) is 0. The molecule has 6 nitrogen and oxygen atoms in total. The fourth-order valence-corrected chi connectivity index (χ4v) is 2.26. The normalized spacial score (nSPS) is 10.2. The molecule has 0 saturated carbocycles. The van der Waals surface area contributed by atoms with Crippen molar-refractivity contribution in [2.75, 3.05) is 16.0 Å². The molecule has 0 aliphatic carbocycles. The standard InChI is InChI=1S/C18H16ClN5O/c1-12-7-8-14(11-15(12)19)20-16-9-10-17(24-23-16)22-18(25)21-13-5-3-2-4-6-13/h2-11H,1H3,(H,20,23)(H2,21,22,24,25). The van der Waals surface area contributed by atoms with Crippen molar-refractivity contribution in [2.45, 2.75) is 6.92 Å². The van der Waals surface area contributed by atoms with Gasteiger partial charge in [-0.15, -0.1) is 10.2 Å². The number of aromatic nitrogens is 2. The van der Waals surface area contributed by atoms with Crippen LogP contribution in [0.2, 0.25) is 5.02 Å². The topological polar surface area (TPSA) is 78.9 Å². The Bertz CT molecular complexity index is 868. The molecule has 0 aliphatic heterocycles. The van der Waals surface area contributed by atoms with E-state index in [-0.39, 0.29) is 6.03 Å². The largest absolute Gasteiger partial charge is 0.339 e. The second-order valence-corrected chi connectivity index (χ2v) is 5.75. The molecule has 25 heavy (non-hydrogen) atoms. The zero-order valence-electron chi connectivity index (χ0n) is 13.5. The Morgan fingerprint density at radius 3 is 2.28 bits per heavy atom. The highest BCUT2D eigenvalue weighted by atomic mass is 35.5. The summed E-state index contributed by atoms with van der Waals surface area (Å²) >= 11 is 6.10. The average molecular weight is 354 g/mol. The molecule has 2 amide bonds. The van der Waals surface area contributed by atoms with Crippen molar-refractivity contribution in [1.82, 2.24) is 10.2 Å². The molecule has 0 bridgehead atoms. The summed E-state index contributed by atoms with van der Waals surface area (Å²) in [6, 6.07) is 17.8.